The summed E-state index contributed by atoms with van der Waals surface area (Å²) in [5, 5.41) is 0. The number of allylic oxidation sites excluding steroid dienone is 1. The average molecular weight is 193 g/mol. The van der Waals surface area contributed by atoms with Crippen molar-refractivity contribution in [2.24, 2.45) is 11.3 Å². The first-order valence-corrected chi connectivity index (χ1v) is 4.78. The Hall–Kier alpha value is -1.06. The minimum absolute atomic E-state index is 0.165. The molecular formula is C10H14BO3. The predicted molar refractivity (Wildman–Crippen MR) is 54.7 cm³/mol. The molecule has 0 saturated heterocycles. The maximum atomic E-state index is 11.6. The molecule has 1 aliphatic rings. The number of carbonyl (C=O) groups is 2. The van der Waals surface area contributed by atoms with E-state index in [4.69, 9.17) is 4.74 Å². The Kier molecular flexibility index (Phi) is 3.50. The van der Waals surface area contributed by atoms with Crippen molar-refractivity contribution >= 4 is 19.4 Å². The van der Waals surface area contributed by atoms with Crippen LogP contribution in [0.25, 0.3) is 0 Å². The van der Waals surface area contributed by atoms with Crippen LogP contribution in [0.15, 0.2) is 12.7 Å². The highest BCUT2D eigenvalue weighted by Gasteiger charge is 2.58. The molecule has 0 amide bonds. The van der Waals surface area contributed by atoms with Gasteiger partial charge in [-0.25, -0.2) is 0 Å². The van der Waals surface area contributed by atoms with Gasteiger partial charge in [-0.2, -0.15) is 0 Å². The quantitative estimate of drug-likeness (QED) is 0.274. The lowest BCUT2D eigenvalue weighted by Crippen LogP contribution is -2.22. The fraction of sp³-hybridized carbons (Fsp3) is 0.600. The van der Waals surface area contributed by atoms with Crippen LogP contribution in [0, 0.1) is 11.3 Å². The molecule has 0 aromatic rings. The first-order chi connectivity index (χ1) is 6.71. The highest BCUT2D eigenvalue weighted by Crippen LogP contribution is 2.56. The molecule has 0 aromatic heterocycles. The molecule has 2 unspecified atom stereocenters. The molecule has 1 fully saturated rings. The third-order valence-corrected chi connectivity index (χ3v) is 2.68. The number of hydrogen-bond donors (Lipinski definition) is 0. The summed E-state index contributed by atoms with van der Waals surface area (Å²) in [7, 11) is 1.47. The second kappa shape index (κ2) is 4.44. The lowest BCUT2D eigenvalue weighted by Gasteiger charge is -2.12. The number of ether oxygens (including phenoxy) is 1. The van der Waals surface area contributed by atoms with Crippen molar-refractivity contribution in [3.8, 4) is 0 Å². The van der Waals surface area contributed by atoms with E-state index in [1.165, 1.54) is 7.28 Å². The van der Waals surface area contributed by atoms with Crippen molar-refractivity contribution in [3.63, 3.8) is 0 Å². The number of esters is 1. The van der Waals surface area contributed by atoms with Crippen LogP contribution in [-0.4, -0.2) is 26.0 Å². The molecule has 3 nitrogen and oxygen atoms in total. The van der Waals surface area contributed by atoms with E-state index >= 15 is 0 Å². The lowest BCUT2D eigenvalue weighted by molar-refractivity contribution is -0.149. The van der Waals surface area contributed by atoms with Crippen molar-refractivity contribution in [2.45, 2.75) is 19.7 Å². The molecule has 1 radical (unpaired) electrons. The highest BCUT2D eigenvalue weighted by atomic mass is 16.5. The fourth-order valence-electron chi connectivity index (χ4n) is 1.73. The van der Waals surface area contributed by atoms with Gasteiger partial charge in [0.05, 0.1) is 18.2 Å². The van der Waals surface area contributed by atoms with Gasteiger partial charge in [0.25, 0.3) is 0 Å². The number of rotatable bonds is 6. The Morgan fingerprint density at radius 1 is 1.79 bits per heavy atom. The van der Waals surface area contributed by atoms with E-state index in [0.717, 1.165) is 12.6 Å². The van der Waals surface area contributed by atoms with Gasteiger partial charge in [0, 0.05) is 0 Å². The van der Waals surface area contributed by atoms with Crippen molar-refractivity contribution in [2.75, 3.05) is 6.61 Å². The SMILES string of the molecule is C=CC1CC1(C[B]C=O)C(=O)OCC. The van der Waals surface area contributed by atoms with Gasteiger partial charge in [-0.15, -0.1) is 6.58 Å². The smallest absolute Gasteiger partial charge is 0.311 e. The summed E-state index contributed by atoms with van der Waals surface area (Å²) in [6, 6.07) is 0. The normalized spacial score (nSPS) is 29.1. The molecule has 0 aromatic carbocycles. The van der Waals surface area contributed by atoms with Crippen LogP contribution in [0.5, 0.6) is 0 Å². The number of carbonyl (C=O) groups excluding carboxylic acids is 2. The number of hydrogen-bond acceptors (Lipinski definition) is 3. The summed E-state index contributed by atoms with van der Waals surface area (Å²) in [5.41, 5.74) is -0.487. The van der Waals surface area contributed by atoms with Gasteiger partial charge in [-0.05, 0) is 19.3 Å². The van der Waals surface area contributed by atoms with Gasteiger partial charge >= 0.3 is 5.97 Å². The zero-order valence-electron chi connectivity index (χ0n) is 8.36. The van der Waals surface area contributed by atoms with Crippen molar-refractivity contribution in [3.05, 3.63) is 12.7 Å². The molecule has 1 rings (SSSR count). The zero-order chi connectivity index (χ0) is 10.6. The van der Waals surface area contributed by atoms with E-state index in [9.17, 15) is 9.59 Å². The van der Waals surface area contributed by atoms with E-state index in [1.54, 1.807) is 13.0 Å². The summed E-state index contributed by atoms with van der Waals surface area (Å²) < 4.78 is 4.98. The largest absolute Gasteiger partial charge is 0.466 e. The molecule has 0 N–H and O–H groups in total. The van der Waals surface area contributed by atoms with E-state index < -0.39 is 5.41 Å². The Balaban J connectivity index is 2.60. The van der Waals surface area contributed by atoms with Crippen molar-refractivity contribution < 1.29 is 14.3 Å². The van der Waals surface area contributed by atoms with Gasteiger partial charge in [-0.3, -0.25) is 4.79 Å². The molecule has 1 aliphatic carbocycles. The standard InChI is InChI=1S/C10H14BO3/c1-3-8-5-10(8,6-11-7-12)9(13)14-4-2/h3,7-8H,1,4-6H2,2H3. The third kappa shape index (κ3) is 1.89. The molecule has 0 spiro atoms. The van der Waals surface area contributed by atoms with Crippen LogP contribution in [0.2, 0.25) is 6.32 Å². The van der Waals surface area contributed by atoms with Crippen LogP contribution in [0.1, 0.15) is 13.3 Å². The summed E-state index contributed by atoms with van der Waals surface area (Å²) in [6.45, 7) is 5.82. The summed E-state index contributed by atoms with van der Waals surface area (Å²) in [6.07, 6.45) is 3.70. The van der Waals surface area contributed by atoms with Gasteiger partial charge in [0.15, 0.2) is 7.28 Å². The van der Waals surface area contributed by atoms with Crippen molar-refractivity contribution in [1.82, 2.24) is 0 Å². The van der Waals surface area contributed by atoms with E-state index in [1.807, 2.05) is 0 Å². The van der Waals surface area contributed by atoms with Gasteiger partial charge < -0.3 is 9.53 Å². The average Bonchev–Trinajstić information content (AvgIpc) is 2.90. The van der Waals surface area contributed by atoms with Gasteiger partial charge in [0.2, 0.25) is 0 Å². The summed E-state index contributed by atoms with van der Waals surface area (Å²) in [5.74, 6) is -0.0410. The maximum Gasteiger partial charge on any atom is 0.311 e. The van der Waals surface area contributed by atoms with Crippen LogP contribution in [-0.2, 0) is 14.3 Å². The first kappa shape index (κ1) is 11.0. The van der Waals surface area contributed by atoms with Gasteiger partial charge in [0.1, 0.15) is 0 Å². The molecular weight excluding hydrogens is 179 g/mol. The first-order valence-electron chi connectivity index (χ1n) is 4.78. The van der Waals surface area contributed by atoms with Crippen LogP contribution >= 0.6 is 0 Å². The van der Waals surface area contributed by atoms with Crippen LogP contribution in [0.3, 0.4) is 0 Å². The summed E-state index contributed by atoms with van der Waals surface area (Å²) in [4.78, 5) is 21.8. The van der Waals surface area contributed by atoms with Crippen molar-refractivity contribution in [1.29, 1.82) is 0 Å². The lowest BCUT2D eigenvalue weighted by atomic mass is 9.69. The Morgan fingerprint density at radius 2 is 2.50 bits per heavy atom. The van der Waals surface area contributed by atoms with E-state index in [-0.39, 0.29) is 11.9 Å². The van der Waals surface area contributed by atoms with E-state index in [2.05, 4.69) is 6.58 Å². The molecule has 1 saturated carbocycles. The Morgan fingerprint density at radius 3 is 2.93 bits per heavy atom. The molecule has 14 heavy (non-hydrogen) atoms. The zero-order valence-corrected chi connectivity index (χ0v) is 8.36. The molecule has 2 atom stereocenters. The topological polar surface area (TPSA) is 43.4 Å². The second-order valence-corrected chi connectivity index (χ2v) is 3.50. The fourth-order valence-corrected chi connectivity index (χ4v) is 1.73. The molecule has 0 aliphatic heterocycles. The molecule has 4 heteroatoms. The monoisotopic (exact) mass is 193 g/mol. The minimum atomic E-state index is -0.487. The Bertz CT molecular complexity index is 252. The molecule has 0 bridgehead atoms. The van der Waals surface area contributed by atoms with Crippen LogP contribution < -0.4 is 0 Å². The Labute approximate surface area is 84.8 Å². The van der Waals surface area contributed by atoms with Gasteiger partial charge in [-0.1, -0.05) is 12.4 Å². The van der Waals surface area contributed by atoms with Crippen LogP contribution in [0.4, 0.5) is 0 Å². The maximum absolute atomic E-state index is 11.6. The molecule has 75 valence electrons. The summed E-state index contributed by atoms with van der Waals surface area (Å²) >= 11 is 0. The van der Waals surface area contributed by atoms with E-state index in [0.29, 0.717) is 12.9 Å². The molecule has 0 heterocycles. The second-order valence-electron chi connectivity index (χ2n) is 3.50. The minimum Gasteiger partial charge on any atom is -0.466 e. The predicted octanol–water partition coefficient (Wildman–Crippen LogP) is 1.05. The third-order valence-electron chi connectivity index (χ3n) is 2.68. The highest BCUT2D eigenvalue weighted by molar-refractivity contribution is 6.67.